The van der Waals surface area contributed by atoms with Crippen molar-refractivity contribution in [2.45, 2.75) is 25.8 Å². The quantitative estimate of drug-likeness (QED) is 0.680. The van der Waals surface area contributed by atoms with Gasteiger partial charge in [-0.3, -0.25) is 4.79 Å². The molecule has 1 N–H and O–H groups in total. The van der Waals surface area contributed by atoms with Crippen molar-refractivity contribution in [1.82, 2.24) is 10.3 Å². The standard InChI is InChI=1S/C12H13BrN2O/c1-3-6-9(4-2)14-12(16)10-7-5-8-11(13)15-10/h2,5,7-9H,3,6H2,1H3,(H,14,16). The molecular weight excluding hydrogens is 268 g/mol. The number of carbonyl (C=O) groups is 1. The summed E-state index contributed by atoms with van der Waals surface area (Å²) < 4.78 is 0.632. The fourth-order valence-corrected chi connectivity index (χ4v) is 1.60. The number of nitrogens with zero attached hydrogens (tertiary/aromatic N) is 1. The first-order chi connectivity index (χ1) is 7.67. The minimum atomic E-state index is -0.238. The van der Waals surface area contributed by atoms with Crippen LogP contribution in [0.15, 0.2) is 22.8 Å². The van der Waals surface area contributed by atoms with E-state index in [9.17, 15) is 4.79 Å². The largest absolute Gasteiger partial charge is 0.337 e. The first-order valence-electron chi connectivity index (χ1n) is 5.07. The fourth-order valence-electron chi connectivity index (χ4n) is 1.25. The summed E-state index contributed by atoms with van der Waals surface area (Å²) in [5, 5.41) is 2.75. The van der Waals surface area contributed by atoms with Gasteiger partial charge in [0.2, 0.25) is 0 Å². The molecule has 84 valence electrons. The molecule has 1 rings (SSSR count). The molecule has 16 heavy (non-hydrogen) atoms. The summed E-state index contributed by atoms with van der Waals surface area (Å²) in [5.74, 6) is 2.31. The van der Waals surface area contributed by atoms with Crippen molar-refractivity contribution in [3.05, 3.63) is 28.5 Å². The van der Waals surface area contributed by atoms with E-state index in [1.807, 2.05) is 6.92 Å². The van der Waals surface area contributed by atoms with Gasteiger partial charge in [-0.15, -0.1) is 6.42 Å². The highest BCUT2D eigenvalue weighted by atomic mass is 79.9. The maximum atomic E-state index is 11.8. The Hall–Kier alpha value is -1.34. The molecule has 1 amide bonds. The van der Waals surface area contributed by atoms with Crippen LogP contribution in [0.4, 0.5) is 0 Å². The van der Waals surface area contributed by atoms with E-state index in [0.717, 1.165) is 12.8 Å². The molecule has 0 saturated carbocycles. The fraction of sp³-hybridized carbons (Fsp3) is 0.333. The highest BCUT2D eigenvalue weighted by Crippen LogP contribution is 2.06. The average molecular weight is 281 g/mol. The topological polar surface area (TPSA) is 42.0 Å². The zero-order chi connectivity index (χ0) is 12.0. The van der Waals surface area contributed by atoms with Crippen LogP contribution in [0.3, 0.4) is 0 Å². The number of pyridine rings is 1. The van der Waals surface area contributed by atoms with Gasteiger partial charge in [-0.1, -0.05) is 25.3 Å². The number of aromatic nitrogens is 1. The Labute approximate surface area is 104 Å². The second-order valence-corrected chi connectivity index (χ2v) is 4.14. The highest BCUT2D eigenvalue weighted by Gasteiger charge is 2.11. The molecule has 3 nitrogen and oxygen atoms in total. The zero-order valence-corrected chi connectivity index (χ0v) is 10.6. The van der Waals surface area contributed by atoms with Crippen LogP contribution in [0.1, 0.15) is 30.3 Å². The molecule has 0 aromatic carbocycles. The molecule has 0 radical (unpaired) electrons. The summed E-state index contributed by atoms with van der Waals surface area (Å²) in [4.78, 5) is 15.8. The molecule has 1 aromatic rings. The SMILES string of the molecule is C#CC(CCC)NC(=O)c1cccc(Br)n1. The van der Waals surface area contributed by atoms with E-state index in [0.29, 0.717) is 10.3 Å². The van der Waals surface area contributed by atoms with Crippen molar-refractivity contribution < 1.29 is 4.79 Å². The number of rotatable bonds is 4. The molecule has 0 aliphatic rings. The Morgan fingerprint density at radius 3 is 3.00 bits per heavy atom. The van der Waals surface area contributed by atoms with Crippen molar-refractivity contribution in [3.8, 4) is 12.3 Å². The van der Waals surface area contributed by atoms with E-state index in [2.05, 4.69) is 32.2 Å². The maximum Gasteiger partial charge on any atom is 0.270 e. The molecule has 4 heteroatoms. The van der Waals surface area contributed by atoms with Crippen molar-refractivity contribution in [2.24, 2.45) is 0 Å². The predicted octanol–water partition coefficient (Wildman–Crippen LogP) is 2.38. The van der Waals surface area contributed by atoms with Crippen LogP contribution in [0.2, 0.25) is 0 Å². The lowest BCUT2D eigenvalue weighted by Gasteiger charge is -2.11. The smallest absolute Gasteiger partial charge is 0.270 e. The van der Waals surface area contributed by atoms with E-state index in [-0.39, 0.29) is 11.9 Å². The number of hydrogen-bond donors (Lipinski definition) is 1. The molecule has 0 aliphatic carbocycles. The van der Waals surface area contributed by atoms with Crippen molar-refractivity contribution in [3.63, 3.8) is 0 Å². The summed E-state index contributed by atoms with van der Waals surface area (Å²) in [5.41, 5.74) is 0.366. The third-order valence-corrected chi connectivity index (χ3v) is 2.47. The van der Waals surface area contributed by atoms with Gasteiger partial charge in [-0.2, -0.15) is 0 Å². The lowest BCUT2D eigenvalue weighted by atomic mass is 10.2. The molecule has 1 aromatic heterocycles. The first-order valence-corrected chi connectivity index (χ1v) is 5.86. The van der Waals surface area contributed by atoms with E-state index in [4.69, 9.17) is 6.42 Å². The Kier molecular flexibility index (Phi) is 5.00. The molecule has 0 spiro atoms. The van der Waals surface area contributed by atoms with E-state index < -0.39 is 0 Å². The van der Waals surface area contributed by atoms with Crippen molar-refractivity contribution >= 4 is 21.8 Å². The molecule has 0 bridgehead atoms. The average Bonchev–Trinajstić information content (AvgIpc) is 2.28. The maximum absolute atomic E-state index is 11.8. The second kappa shape index (κ2) is 6.29. The van der Waals surface area contributed by atoms with E-state index in [1.54, 1.807) is 18.2 Å². The molecule has 1 atom stereocenters. The van der Waals surface area contributed by atoms with Gasteiger partial charge in [0, 0.05) is 0 Å². The van der Waals surface area contributed by atoms with Gasteiger partial charge in [0.25, 0.3) is 5.91 Å². The summed E-state index contributed by atoms with van der Waals surface area (Å²) >= 11 is 3.21. The number of halogens is 1. The number of terminal acetylenes is 1. The lowest BCUT2D eigenvalue weighted by Crippen LogP contribution is -2.34. The summed E-state index contributed by atoms with van der Waals surface area (Å²) in [6, 6.07) is 4.95. The van der Waals surface area contributed by atoms with Gasteiger partial charge in [0.1, 0.15) is 10.3 Å². The van der Waals surface area contributed by atoms with Crippen LogP contribution in [0, 0.1) is 12.3 Å². The van der Waals surface area contributed by atoms with Gasteiger partial charge in [-0.25, -0.2) is 4.98 Å². The number of amides is 1. The van der Waals surface area contributed by atoms with E-state index in [1.165, 1.54) is 0 Å². The van der Waals surface area contributed by atoms with Gasteiger partial charge in [0.05, 0.1) is 6.04 Å². The summed E-state index contributed by atoms with van der Waals surface area (Å²) in [7, 11) is 0. The number of nitrogens with one attached hydrogen (secondary N) is 1. The first kappa shape index (κ1) is 12.7. The van der Waals surface area contributed by atoms with Crippen LogP contribution < -0.4 is 5.32 Å². The van der Waals surface area contributed by atoms with Crippen LogP contribution in [0.5, 0.6) is 0 Å². The Morgan fingerprint density at radius 2 is 2.44 bits per heavy atom. The highest BCUT2D eigenvalue weighted by molar-refractivity contribution is 9.10. The van der Waals surface area contributed by atoms with Crippen LogP contribution >= 0.6 is 15.9 Å². The zero-order valence-electron chi connectivity index (χ0n) is 9.03. The Bertz CT molecular complexity index is 412. The third kappa shape index (κ3) is 3.67. The molecular formula is C12H13BrN2O. The number of carbonyl (C=O) groups excluding carboxylic acids is 1. The molecule has 0 fully saturated rings. The minimum Gasteiger partial charge on any atom is -0.337 e. The molecule has 1 heterocycles. The molecule has 0 saturated heterocycles. The van der Waals surface area contributed by atoms with Gasteiger partial charge >= 0.3 is 0 Å². The Balaban J connectivity index is 2.69. The minimum absolute atomic E-state index is 0.224. The molecule has 0 aliphatic heterocycles. The molecule has 1 unspecified atom stereocenters. The Morgan fingerprint density at radius 1 is 1.69 bits per heavy atom. The summed E-state index contributed by atoms with van der Waals surface area (Å²) in [6.45, 7) is 2.02. The second-order valence-electron chi connectivity index (χ2n) is 3.33. The van der Waals surface area contributed by atoms with Crippen molar-refractivity contribution in [1.29, 1.82) is 0 Å². The monoisotopic (exact) mass is 280 g/mol. The van der Waals surface area contributed by atoms with Gasteiger partial charge < -0.3 is 5.32 Å². The van der Waals surface area contributed by atoms with Crippen LogP contribution in [-0.2, 0) is 0 Å². The predicted molar refractivity (Wildman–Crippen MR) is 66.9 cm³/mol. The summed E-state index contributed by atoms with van der Waals surface area (Å²) in [6.07, 6.45) is 7.03. The number of hydrogen-bond acceptors (Lipinski definition) is 2. The van der Waals surface area contributed by atoms with E-state index >= 15 is 0 Å². The normalized spacial score (nSPS) is 11.6. The third-order valence-electron chi connectivity index (χ3n) is 2.03. The van der Waals surface area contributed by atoms with Gasteiger partial charge in [0.15, 0.2) is 0 Å². The van der Waals surface area contributed by atoms with Crippen LogP contribution in [-0.4, -0.2) is 16.9 Å². The lowest BCUT2D eigenvalue weighted by molar-refractivity contribution is 0.0939. The van der Waals surface area contributed by atoms with Crippen LogP contribution in [0.25, 0.3) is 0 Å². The van der Waals surface area contributed by atoms with Crippen molar-refractivity contribution in [2.75, 3.05) is 0 Å². The van der Waals surface area contributed by atoms with Gasteiger partial charge in [-0.05, 0) is 34.5 Å².